The van der Waals surface area contributed by atoms with Crippen molar-refractivity contribution in [1.82, 2.24) is 9.55 Å². The van der Waals surface area contributed by atoms with Crippen LogP contribution in [-0.4, -0.2) is 34.2 Å². The number of carbonyl (C=O) groups is 2. The van der Waals surface area contributed by atoms with Crippen molar-refractivity contribution in [2.45, 2.75) is 11.6 Å². The van der Waals surface area contributed by atoms with Gasteiger partial charge < -0.3 is 4.74 Å². The minimum atomic E-state index is -0.583. The molecule has 0 radical (unpaired) electrons. The highest BCUT2D eigenvalue weighted by molar-refractivity contribution is 7.99. The Morgan fingerprint density at radius 1 is 1.06 bits per heavy atom. The van der Waals surface area contributed by atoms with Gasteiger partial charge in [0.1, 0.15) is 11.3 Å². The second-order valence-corrected chi connectivity index (χ2v) is 8.45. The van der Waals surface area contributed by atoms with Crippen molar-refractivity contribution >= 4 is 45.1 Å². The van der Waals surface area contributed by atoms with Gasteiger partial charge >= 0.3 is 5.97 Å². The van der Waals surface area contributed by atoms with E-state index in [2.05, 4.69) is 4.74 Å². The van der Waals surface area contributed by atoms with Crippen molar-refractivity contribution in [3.8, 4) is 16.8 Å². The predicted molar refractivity (Wildman–Crippen MR) is 123 cm³/mol. The molecule has 2 heterocycles. The average Bonchev–Trinajstić information content (AvgIpc) is 3.23. The zero-order chi connectivity index (χ0) is 21.8. The molecule has 6 nitrogen and oxygen atoms in total. The van der Waals surface area contributed by atoms with Crippen molar-refractivity contribution < 1.29 is 14.3 Å². The van der Waals surface area contributed by atoms with E-state index in [9.17, 15) is 14.4 Å². The van der Waals surface area contributed by atoms with Crippen LogP contribution in [0.25, 0.3) is 27.0 Å². The molecule has 4 aromatic rings. The lowest BCUT2D eigenvalue weighted by atomic mass is 10.1. The lowest BCUT2D eigenvalue weighted by Crippen LogP contribution is -2.22. The van der Waals surface area contributed by atoms with Gasteiger partial charge in [-0.3, -0.25) is 19.0 Å². The normalized spacial score (nSPS) is 10.9. The Balaban J connectivity index is 1.82. The van der Waals surface area contributed by atoms with Gasteiger partial charge in [0, 0.05) is 10.9 Å². The molecule has 31 heavy (non-hydrogen) atoms. The van der Waals surface area contributed by atoms with Gasteiger partial charge in [0.25, 0.3) is 5.56 Å². The lowest BCUT2D eigenvalue weighted by molar-refractivity contribution is -0.142. The third-order valence-electron chi connectivity index (χ3n) is 4.61. The van der Waals surface area contributed by atoms with Crippen molar-refractivity contribution in [3.63, 3.8) is 0 Å². The van der Waals surface area contributed by atoms with E-state index in [1.54, 1.807) is 0 Å². The summed E-state index contributed by atoms with van der Waals surface area (Å²) in [4.78, 5) is 42.5. The fraction of sp³-hybridized carbons (Fsp3) is 0.130. The number of nitrogens with zero attached hydrogens (tertiary/aromatic N) is 2. The van der Waals surface area contributed by atoms with Gasteiger partial charge in [-0.1, -0.05) is 60.3 Å². The Kier molecular flexibility index (Phi) is 6.29. The van der Waals surface area contributed by atoms with Crippen LogP contribution in [0, 0.1) is 0 Å². The molecule has 0 bridgehead atoms. The summed E-state index contributed by atoms with van der Waals surface area (Å²) in [6.07, 6.45) is -0.307. The van der Waals surface area contributed by atoms with E-state index in [4.69, 9.17) is 4.98 Å². The second kappa shape index (κ2) is 9.28. The minimum absolute atomic E-state index is 0.0107. The monoisotopic (exact) mass is 450 g/mol. The number of methoxy groups -OCH3 is 1. The summed E-state index contributed by atoms with van der Waals surface area (Å²) in [5.74, 6) is -0.862. The second-order valence-electron chi connectivity index (χ2n) is 6.65. The standard InChI is InChI=1S/C23H18N2O4S2/c1-29-19(27)12-17(26)13-31-23-24-21-20(18(14-30-21)15-8-4-2-5-9-15)22(28)25(23)16-10-6-3-7-11-16/h2-11,14H,12-13H2,1H3. The molecule has 2 aromatic carbocycles. The molecule has 4 rings (SSSR count). The molecule has 0 aliphatic carbocycles. The van der Waals surface area contributed by atoms with Crippen LogP contribution >= 0.6 is 23.1 Å². The first-order valence-corrected chi connectivity index (χ1v) is 11.3. The van der Waals surface area contributed by atoms with Gasteiger partial charge in [-0.2, -0.15) is 0 Å². The van der Waals surface area contributed by atoms with Gasteiger partial charge in [-0.05, 0) is 17.7 Å². The Bertz CT molecular complexity index is 1300. The Hall–Kier alpha value is -3.23. The highest BCUT2D eigenvalue weighted by Crippen LogP contribution is 2.32. The number of hydrogen-bond acceptors (Lipinski definition) is 7. The highest BCUT2D eigenvalue weighted by atomic mass is 32.2. The number of rotatable bonds is 7. The zero-order valence-electron chi connectivity index (χ0n) is 16.6. The molecule has 0 saturated carbocycles. The molecular formula is C23H18N2O4S2. The number of hydrogen-bond donors (Lipinski definition) is 0. The lowest BCUT2D eigenvalue weighted by Gasteiger charge is -2.12. The fourth-order valence-electron chi connectivity index (χ4n) is 3.13. The summed E-state index contributed by atoms with van der Waals surface area (Å²) in [6, 6.07) is 18.9. The number of benzene rings is 2. The quantitative estimate of drug-likeness (QED) is 0.180. The summed E-state index contributed by atoms with van der Waals surface area (Å²) in [6.45, 7) is 0. The summed E-state index contributed by atoms with van der Waals surface area (Å²) < 4.78 is 6.07. The third-order valence-corrected chi connectivity index (χ3v) is 6.48. The number of Topliss-reactive ketones (excluding diaryl/α,β-unsaturated/α-hetero) is 1. The fourth-order valence-corrected chi connectivity index (χ4v) is 4.99. The molecule has 0 aliphatic rings. The number of ether oxygens (including phenoxy) is 1. The van der Waals surface area contributed by atoms with Crippen LogP contribution in [0.5, 0.6) is 0 Å². The molecule has 156 valence electrons. The van der Waals surface area contributed by atoms with Gasteiger partial charge in [0.2, 0.25) is 0 Å². The number of thiophene rings is 1. The van der Waals surface area contributed by atoms with E-state index < -0.39 is 5.97 Å². The van der Waals surface area contributed by atoms with Crippen LogP contribution in [0.3, 0.4) is 0 Å². The van der Waals surface area contributed by atoms with Crippen molar-refractivity contribution in [3.05, 3.63) is 76.4 Å². The van der Waals surface area contributed by atoms with Gasteiger partial charge in [-0.25, -0.2) is 4.98 Å². The maximum Gasteiger partial charge on any atom is 0.313 e. The number of esters is 1. The number of aromatic nitrogens is 2. The van der Waals surface area contributed by atoms with Crippen LogP contribution in [-0.2, 0) is 14.3 Å². The number of fused-ring (bicyclic) bond motifs is 1. The molecule has 0 fully saturated rings. The van der Waals surface area contributed by atoms with E-state index >= 15 is 0 Å². The van der Waals surface area contributed by atoms with Crippen LogP contribution in [0.1, 0.15) is 6.42 Å². The average molecular weight is 451 g/mol. The largest absolute Gasteiger partial charge is 0.469 e. The molecule has 8 heteroatoms. The van der Waals surface area contributed by atoms with E-state index in [-0.39, 0.29) is 23.5 Å². The smallest absolute Gasteiger partial charge is 0.313 e. The van der Waals surface area contributed by atoms with Gasteiger partial charge in [0.15, 0.2) is 10.9 Å². The molecular weight excluding hydrogens is 432 g/mol. The highest BCUT2D eigenvalue weighted by Gasteiger charge is 2.19. The molecule has 0 spiro atoms. The topological polar surface area (TPSA) is 78.3 Å². The number of thioether (sulfide) groups is 1. The summed E-state index contributed by atoms with van der Waals surface area (Å²) in [7, 11) is 1.24. The Morgan fingerprint density at radius 3 is 2.42 bits per heavy atom. The SMILES string of the molecule is COC(=O)CC(=O)CSc1nc2scc(-c3ccccc3)c2c(=O)n1-c1ccccc1. The number of ketones is 1. The van der Waals surface area contributed by atoms with Crippen LogP contribution in [0.4, 0.5) is 0 Å². The van der Waals surface area contributed by atoms with Gasteiger partial charge in [-0.15, -0.1) is 11.3 Å². The molecule has 0 saturated heterocycles. The van der Waals surface area contributed by atoms with E-state index in [0.717, 1.165) is 22.9 Å². The van der Waals surface area contributed by atoms with Crippen LogP contribution < -0.4 is 5.56 Å². The van der Waals surface area contributed by atoms with Crippen LogP contribution in [0.2, 0.25) is 0 Å². The molecule has 0 amide bonds. The first kappa shape index (κ1) is 21.0. The zero-order valence-corrected chi connectivity index (χ0v) is 18.2. The molecule has 0 N–H and O–H groups in total. The van der Waals surface area contributed by atoms with E-state index in [1.165, 1.54) is 23.0 Å². The third kappa shape index (κ3) is 4.45. The Labute approximate surface area is 186 Å². The van der Waals surface area contributed by atoms with Crippen LogP contribution in [0.15, 0.2) is 76.0 Å². The van der Waals surface area contributed by atoms with E-state index in [0.29, 0.717) is 21.1 Å². The molecule has 0 aliphatic heterocycles. The molecule has 0 unspecified atom stereocenters. The van der Waals surface area contributed by atoms with Crippen molar-refractivity contribution in [1.29, 1.82) is 0 Å². The summed E-state index contributed by atoms with van der Waals surface area (Å²) >= 11 is 2.53. The van der Waals surface area contributed by atoms with Crippen molar-refractivity contribution in [2.75, 3.05) is 12.9 Å². The van der Waals surface area contributed by atoms with Gasteiger partial charge in [0.05, 0.1) is 23.9 Å². The first-order chi connectivity index (χ1) is 15.1. The predicted octanol–water partition coefficient (Wildman–Crippen LogP) is 4.34. The summed E-state index contributed by atoms with van der Waals surface area (Å²) in [5, 5.41) is 2.88. The maximum absolute atomic E-state index is 13.6. The number of para-hydroxylation sites is 1. The van der Waals surface area contributed by atoms with E-state index in [1.807, 2.05) is 66.0 Å². The summed E-state index contributed by atoms with van der Waals surface area (Å²) in [5.41, 5.74) is 2.25. The first-order valence-electron chi connectivity index (χ1n) is 9.45. The molecule has 0 atom stereocenters. The maximum atomic E-state index is 13.6. The minimum Gasteiger partial charge on any atom is -0.469 e. The van der Waals surface area contributed by atoms with Crippen molar-refractivity contribution in [2.24, 2.45) is 0 Å². The Morgan fingerprint density at radius 2 is 1.74 bits per heavy atom. The number of carbonyl (C=O) groups excluding carboxylic acids is 2. The molecule has 2 aromatic heterocycles.